The molecule has 4 N–H and O–H groups in total. The summed E-state index contributed by atoms with van der Waals surface area (Å²) < 4.78 is 0. The van der Waals surface area contributed by atoms with Crippen molar-refractivity contribution in [2.24, 2.45) is 16.9 Å². The van der Waals surface area contributed by atoms with E-state index >= 15 is 0 Å². The summed E-state index contributed by atoms with van der Waals surface area (Å²) in [6, 6.07) is 3.48. The Morgan fingerprint density at radius 1 is 1.30 bits per heavy atom. The minimum Gasteiger partial charge on any atom is -0.342 e. The Morgan fingerprint density at radius 2 is 2.07 bits per heavy atom. The summed E-state index contributed by atoms with van der Waals surface area (Å²) in [7, 11) is 0. The number of carbonyl (C=O) groups excluding carboxylic acids is 2. The Bertz CT molecular complexity index is 643. The number of nitrogens with two attached hydrogens (primary N) is 2. The summed E-state index contributed by atoms with van der Waals surface area (Å²) in [6.45, 7) is 3.40. The van der Waals surface area contributed by atoms with Gasteiger partial charge in [0.15, 0.2) is 0 Å². The Hall–Kier alpha value is -1.99. The van der Waals surface area contributed by atoms with Gasteiger partial charge in [-0.15, -0.1) is 0 Å². The summed E-state index contributed by atoms with van der Waals surface area (Å²) >= 11 is 0. The highest BCUT2D eigenvalue weighted by atomic mass is 16.2. The maximum atomic E-state index is 12.4. The van der Waals surface area contributed by atoms with Crippen molar-refractivity contribution in [2.75, 3.05) is 32.7 Å². The average Bonchev–Trinajstić information content (AvgIpc) is 2.70. The number of hydrogen-bond acceptors (Lipinski definition) is 5. The molecule has 1 spiro atoms. The van der Waals surface area contributed by atoms with Crippen LogP contribution in [0.25, 0.3) is 0 Å². The van der Waals surface area contributed by atoms with Gasteiger partial charge < -0.3 is 21.3 Å². The fourth-order valence-corrected chi connectivity index (χ4v) is 4.26. The normalized spacial score (nSPS) is 20.7. The predicted molar refractivity (Wildman–Crippen MR) is 104 cm³/mol. The third-order valence-electron chi connectivity index (χ3n) is 6.07. The first-order chi connectivity index (χ1) is 13.0. The second-order valence-electron chi connectivity index (χ2n) is 7.94. The maximum Gasteiger partial charge on any atom is 0.239 e. The van der Waals surface area contributed by atoms with Gasteiger partial charge in [0.05, 0.1) is 6.04 Å². The van der Waals surface area contributed by atoms with E-state index in [4.69, 9.17) is 11.5 Å². The largest absolute Gasteiger partial charge is 0.342 e. The third-order valence-corrected chi connectivity index (χ3v) is 6.07. The van der Waals surface area contributed by atoms with Crippen molar-refractivity contribution >= 4 is 11.8 Å². The third kappa shape index (κ3) is 4.84. The molecule has 2 saturated heterocycles. The molecular weight excluding hydrogens is 342 g/mol. The number of piperidine rings is 2. The van der Waals surface area contributed by atoms with Crippen LogP contribution < -0.4 is 11.5 Å². The Balaban J connectivity index is 1.54. The smallest absolute Gasteiger partial charge is 0.239 e. The van der Waals surface area contributed by atoms with E-state index in [2.05, 4.69) is 4.98 Å². The van der Waals surface area contributed by atoms with Gasteiger partial charge in [-0.1, -0.05) is 6.07 Å². The summed E-state index contributed by atoms with van der Waals surface area (Å²) in [6.07, 6.45) is 8.37. The van der Waals surface area contributed by atoms with Gasteiger partial charge in [0.1, 0.15) is 0 Å². The van der Waals surface area contributed by atoms with Gasteiger partial charge in [0.2, 0.25) is 11.8 Å². The summed E-state index contributed by atoms with van der Waals surface area (Å²) in [5.74, 6) is 0.253. The number of carbonyl (C=O) groups is 2. The van der Waals surface area contributed by atoms with E-state index in [1.165, 1.54) is 0 Å². The van der Waals surface area contributed by atoms with Gasteiger partial charge in [-0.25, -0.2) is 0 Å². The molecule has 0 aromatic carbocycles. The molecule has 0 radical (unpaired) electrons. The molecule has 0 unspecified atom stereocenters. The summed E-state index contributed by atoms with van der Waals surface area (Å²) in [5, 5.41) is 0. The molecule has 0 saturated carbocycles. The molecule has 2 fully saturated rings. The molecule has 1 aromatic rings. The van der Waals surface area contributed by atoms with Gasteiger partial charge in [-0.2, -0.15) is 0 Å². The molecule has 3 rings (SSSR count). The molecular formula is C20H31N5O2. The molecule has 1 aromatic heterocycles. The fraction of sp³-hybridized carbons (Fsp3) is 0.650. The molecule has 7 nitrogen and oxygen atoms in total. The van der Waals surface area contributed by atoms with Crippen LogP contribution in [0.5, 0.6) is 0 Å². The molecule has 1 atom stereocenters. The molecule has 2 amide bonds. The SMILES string of the molecule is NCC[C@H](N)C(=O)N1CCC2(CCC(=O)N(CCc3cccnc3)C2)CC1. The Morgan fingerprint density at radius 3 is 2.74 bits per heavy atom. The van der Waals surface area contributed by atoms with Crippen LogP contribution in [0.15, 0.2) is 24.5 Å². The lowest BCUT2D eigenvalue weighted by molar-refractivity contribution is -0.143. The Kier molecular flexibility index (Phi) is 6.44. The van der Waals surface area contributed by atoms with Crippen molar-refractivity contribution in [3.8, 4) is 0 Å². The van der Waals surface area contributed by atoms with E-state index in [9.17, 15) is 9.59 Å². The van der Waals surface area contributed by atoms with Crippen molar-refractivity contribution in [3.05, 3.63) is 30.1 Å². The van der Waals surface area contributed by atoms with Crippen molar-refractivity contribution in [2.45, 2.75) is 44.6 Å². The minimum absolute atomic E-state index is 0.00983. The zero-order chi connectivity index (χ0) is 19.3. The highest BCUT2D eigenvalue weighted by Crippen LogP contribution is 2.40. The van der Waals surface area contributed by atoms with Crippen LogP contribution in [0.3, 0.4) is 0 Å². The van der Waals surface area contributed by atoms with E-state index < -0.39 is 6.04 Å². The van der Waals surface area contributed by atoms with Crippen LogP contribution in [-0.2, 0) is 16.0 Å². The van der Waals surface area contributed by atoms with Crippen molar-refractivity contribution in [1.29, 1.82) is 0 Å². The van der Waals surface area contributed by atoms with Crippen LogP contribution in [0.4, 0.5) is 0 Å². The zero-order valence-electron chi connectivity index (χ0n) is 16.0. The van der Waals surface area contributed by atoms with Gasteiger partial charge in [-0.3, -0.25) is 14.6 Å². The number of hydrogen-bond donors (Lipinski definition) is 2. The zero-order valence-corrected chi connectivity index (χ0v) is 16.0. The first-order valence-corrected chi connectivity index (χ1v) is 9.94. The fourth-order valence-electron chi connectivity index (χ4n) is 4.26. The summed E-state index contributed by atoms with van der Waals surface area (Å²) in [4.78, 5) is 32.8. The number of amides is 2. The van der Waals surface area contributed by atoms with Gasteiger partial charge in [0.25, 0.3) is 0 Å². The second-order valence-corrected chi connectivity index (χ2v) is 7.94. The molecule has 7 heteroatoms. The highest BCUT2D eigenvalue weighted by molar-refractivity contribution is 5.81. The van der Waals surface area contributed by atoms with Gasteiger partial charge in [0, 0.05) is 45.0 Å². The topological polar surface area (TPSA) is 106 Å². The van der Waals surface area contributed by atoms with Crippen LogP contribution >= 0.6 is 0 Å². The molecule has 0 aliphatic carbocycles. The van der Waals surface area contributed by atoms with Crippen LogP contribution in [0, 0.1) is 5.41 Å². The number of nitrogens with zero attached hydrogens (tertiary/aromatic N) is 3. The number of aromatic nitrogens is 1. The van der Waals surface area contributed by atoms with Gasteiger partial charge >= 0.3 is 0 Å². The quantitative estimate of drug-likeness (QED) is 0.757. The maximum absolute atomic E-state index is 12.4. The molecule has 148 valence electrons. The highest BCUT2D eigenvalue weighted by Gasteiger charge is 2.41. The second kappa shape index (κ2) is 8.80. The van der Waals surface area contributed by atoms with E-state index in [0.29, 0.717) is 19.4 Å². The molecule has 0 bridgehead atoms. The van der Waals surface area contributed by atoms with Crippen molar-refractivity contribution in [1.82, 2.24) is 14.8 Å². The number of likely N-dealkylation sites (tertiary alicyclic amines) is 2. The first-order valence-electron chi connectivity index (χ1n) is 9.94. The van der Waals surface area contributed by atoms with Crippen LogP contribution in [-0.4, -0.2) is 65.4 Å². The van der Waals surface area contributed by atoms with E-state index in [1.807, 2.05) is 28.1 Å². The van der Waals surface area contributed by atoms with Crippen molar-refractivity contribution in [3.63, 3.8) is 0 Å². The van der Waals surface area contributed by atoms with E-state index in [1.54, 1.807) is 6.20 Å². The van der Waals surface area contributed by atoms with E-state index in [0.717, 1.165) is 57.4 Å². The lowest BCUT2D eigenvalue weighted by Crippen LogP contribution is -2.54. The monoisotopic (exact) mass is 373 g/mol. The first kappa shape index (κ1) is 19.8. The molecule has 2 aliphatic heterocycles. The van der Waals surface area contributed by atoms with Crippen LogP contribution in [0.2, 0.25) is 0 Å². The van der Waals surface area contributed by atoms with Crippen molar-refractivity contribution < 1.29 is 9.59 Å². The predicted octanol–water partition coefficient (Wildman–Crippen LogP) is 0.531. The van der Waals surface area contributed by atoms with Gasteiger partial charge in [-0.05, 0) is 55.7 Å². The molecule has 3 heterocycles. The standard InChI is InChI=1S/C20H31N5O2/c21-9-4-17(22)19(27)24-12-7-20(8-13-24)6-3-18(26)25(15-20)11-5-16-2-1-10-23-14-16/h1-2,10,14,17H,3-9,11-13,15,21-22H2/t17-/m0/s1. The Labute approximate surface area is 161 Å². The summed E-state index contributed by atoms with van der Waals surface area (Å²) in [5.41, 5.74) is 12.7. The lowest BCUT2D eigenvalue weighted by atomic mass is 9.72. The van der Waals surface area contributed by atoms with Crippen LogP contribution in [0.1, 0.15) is 37.7 Å². The molecule has 2 aliphatic rings. The minimum atomic E-state index is -0.493. The average molecular weight is 374 g/mol. The number of pyridine rings is 1. The molecule has 27 heavy (non-hydrogen) atoms. The van der Waals surface area contributed by atoms with E-state index in [-0.39, 0.29) is 17.2 Å². The lowest BCUT2D eigenvalue weighted by Gasteiger charge is -2.47. The number of rotatable bonds is 6.